The van der Waals surface area contributed by atoms with E-state index in [0.29, 0.717) is 17.0 Å². The fourth-order valence-corrected chi connectivity index (χ4v) is 2.45. The molecule has 0 aliphatic carbocycles. The van der Waals surface area contributed by atoms with Crippen LogP contribution < -0.4 is 0 Å². The molecule has 1 atom stereocenters. The van der Waals surface area contributed by atoms with Crippen LogP contribution >= 0.6 is 25.2 Å². The van der Waals surface area contributed by atoms with Crippen LogP contribution in [0.4, 0.5) is 4.20 Å². The van der Waals surface area contributed by atoms with Crippen LogP contribution in [-0.4, -0.2) is 0 Å². The van der Waals surface area contributed by atoms with Crippen molar-refractivity contribution >= 4 is 25.2 Å². The van der Waals surface area contributed by atoms with Crippen molar-refractivity contribution in [3.63, 3.8) is 0 Å². The van der Waals surface area contributed by atoms with Gasteiger partial charge in [0.1, 0.15) is 0 Å². The Bertz CT molecular complexity index is 146. The Morgan fingerprint density at radius 1 is 1.43 bits per heavy atom. The van der Waals surface area contributed by atoms with Crippen LogP contribution in [0.3, 0.4) is 0 Å². The van der Waals surface area contributed by atoms with Gasteiger partial charge in [0.05, 0.1) is 0 Å². The smallest absolute Gasteiger partial charge is 0.186 e. The molecule has 0 saturated heterocycles. The highest BCUT2D eigenvalue weighted by atomic mass is 31.2. The van der Waals surface area contributed by atoms with Crippen LogP contribution in [0, 0.1) is 0 Å². The van der Waals surface area contributed by atoms with Gasteiger partial charge in [-0.05, 0) is 0 Å². The van der Waals surface area contributed by atoms with Crippen LogP contribution in [0.5, 0.6) is 0 Å². The van der Waals surface area contributed by atoms with Gasteiger partial charge in [-0.3, -0.25) is 0 Å². The molecule has 0 bridgehead atoms. The van der Waals surface area contributed by atoms with Gasteiger partial charge in [0.15, 0.2) is 17.0 Å². The van der Waals surface area contributed by atoms with Gasteiger partial charge in [-0.25, -0.2) is 0 Å². The molecule has 7 heteroatoms. The van der Waals surface area contributed by atoms with Crippen molar-refractivity contribution in [1.29, 1.82) is 0 Å². The second kappa shape index (κ2) is 2.61. The average molecular weight is 155 g/mol. The summed E-state index contributed by atoms with van der Waals surface area (Å²) in [7, 11) is -1.15. The molecular weight excluding hydrogens is 154 g/mol. The van der Waals surface area contributed by atoms with Crippen molar-refractivity contribution in [3.05, 3.63) is 0 Å². The molecule has 0 aromatic rings. The van der Waals surface area contributed by atoms with Gasteiger partial charge >= 0.3 is 0 Å². The van der Waals surface area contributed by atoms with E-state index in [0.717, 1.165) is 0 Å². The van der Waals surface area contributed by atoms with E-state index in [1.54, 1.807) is 0 Å². The lowest BCUT2D eigenvalue weighted by molar-refractivity contribution is 0.906. The number of nitrogens with zero attached hydrogens (tertiary/aromatic N) is 3. The quantitative estimate of drug-likeness (QED) is 0.481. The predicted molar refractivity (Wildman–Crippen MR) is 30.5 cm³/mol. The highest BCUT2D eigenvalue weighted by molar-refractivity contribution is 7.56. The SMILES string of the molecule is F[PH]1=NP=NP=N1. The van der Waals surface area contributed by atoms with Crippen LogP contribution in [0.15, 0.2) is 13.5 Å². The van der Waals surface area contributed by atoms with Gasteiger partial charge in [-0.2, -0.15) is 17.7 Å². The Kier molecular flexibility index (Phi) is 2.05. The number of hydrogen-bond acceptors (Lipinski definition) is 3. The molecule has 0 N–H and O–H groups in total. The summed E-state index contributed by atoms with van der Waals surface area (Å²) in [5.41, 5.74) is 0. The van der Waals surface area contributed by atoms with Crippen molar-refractivity contribution in [2.75, 3.05) is 0 Å². The molecular formula is HFN3P3. The molecule has 0 saturated carbocycles. The minimum Gasteiger partial charge on any atom is -0.186 e. The second-order valence-electron chi connectivity index (χ2n) is 0.737. The first-order valence-electron chi connectivity index (χ1n) is 1.44. The van der Waals surface area contributed by atoms with E-state index in [2.05, 4.69) is 13.5 Å². The Balaban J connectivity index is 2.82. The van der Waals surface area contributed by atoms with Crippen LogP contribution in [0.2, 0.25) is 0 Å². The summed E-state index contributed by atoms with van der Waals surface area (Å²) >= 11 is 0. The first-order valence-corrected chi connectivity index (χ1v) is 4.31. The van der Waals surface area contributed by atoms with Gasteiger partial charge in [0, 0.05) is 0 Å². The topological polar surface area (TPSA) is 37.1 Å². The highest BCUT2D eigenvalue weighted by Crippen LogP contribution is 2.41. The summed E-state index contributed by atoms with van der Waals surface area (Å²) < 4.78 is 22.3. The fourth-order valence-electron chi connectivity index (χ4n) is 0.152. The molecule has 1 unspecified atom stereocenters. The third kappa shape index (κ3) is 1.73. The zero-order valence-electron chi connectivity index (χ0n) is 3.11. The predicted octanol–water partition coefficient (Wildman–Crippen LogP) is 3.29. The third-order valence-electron chi connectivity index (χ3n) is 0.334. The molecule has 0 radical (unpaired) electrons. The Hall–Kier alpha value is 0.360. The summed E-state index contributed by atoms with van der Waals surface area (Å²) in [5.74, 6) is 0. The van der Waals surface area contributed by atoms with Gasteiger partial charge in [0.25, 0.3) is 0 Å². The maximum absolute atomic E-state index is 11.9. The van der Waals surface area contributed by atoms with Gasteiger partial charge in [-0.15, -0.1) is 0 Å². The van der Waals surface area contributed by atoms with Crippen LogP contribution in [0.25, 0.3) is 0 Å². The molecule has 0 aromatic heterocycles. The maximum atomic E-state index is 11.9. The molecule has 0 aromatic carbocycles. The highest BCUT2D eigenvalue weighted by Gasteiger charge is 1.86. The molecule has 1 aliphatic rings. The first kappa shape index (κ1) is 5.50. The Labute approximate surface area is 43.9 Å². The van der Waals surface area contributed by atoms with Crippen molar-refractivity contribution in [1.82, 2.24) is 0 Å². The molecule has 0 spiro atoms. The first-order chi connectivity index (χ1) is 3.39. The molecule has 38 valence electrons. The summed E-state index contributed by atoms with van der Waals surface area (Å²) in [6.45, 7) is 0. The Morgan fingerprint density at radius 2 is 2.29 bits per heavy atom. The van der Waals surface area contributed by atoms with E-state index in [9.17, 15) is 4.20 Å². The summed E-state index contributed by atoms with van der Waals surface area (Å²) in [6, 6.07) is 0. The van der Waals surface area contributed by atoms with Crippen molar-refractivity contribution in [2.24, 2.45) is 13.5 Å². The summed E-state index contributed by atoms with van der Waals surface area (Å²) in [4.78, 5) is 0. The van der Waals surface area contributed by atoms with Gasteiger partial charge in [-0.1, -0.05) is 0 Å². The lowest BCUT2D eigenvalue weighted by Crippen LogP contribution is -1.32. The van der Waals surface area contributed by atoms with E-state index < -0.39 is 8.17 Å². The molecule has 3 nitrogen and oxygen atoms in total. The minimum absolute atomic E-state index is 0.507. The van der Waals surface area contributed by atoms with Crippen molar-refractivity contribution in [2.45, 2.75) is 0 Å². The second-order valence-corrected chi connectivity index (χ2v) is 3.95. The number of halogens is 1. The van der Waals surface area contributed by atoms with Crippen molar-refractivity contribution < 1.29 is 4.20 Å². The molecule has 0 amide bonds. The van der Waals surface area contributed by atoms with E-state index in [-0.39, 0.29) is 0 Å². The monoisotopic (exact) mass is 155 g/mol. The lowest BCUT2D eigenvalue weighted by Gasteiger charge is -1.83. The van der Waals surface area contributed by atoms with E-state index in [1.807, 2.05) is 0 Å². The third-order valence-corrected chi connectivity index (χ3v) is 3.01. The standard InChI is InChI=1S/FHN3P3/c1-7-3-5-2-6-4-7/h7H. The average Bonchev–Trinajstić information content (AvgIpc) is 1.69. The van der Waals surface area contributed by atoms with Crippen LogP contribution in [0.1, 0.15) is 0 Å². The Morgan fingerprint density at radius 3 is 2.57 bits per heavy atom. The van der Waals surface area contributed by atoms with E-state index >= 15 is 0 Å². The zero-order chi connectivity index (χ0) is 5.11. The molecule has 1 heterocycles. The molecule has 1 rings (SSSR count). The largest absolute Gasteiger partial charge is 0.242 e. The van der Waals surface area contributed by atoms with Gasteiger partial charge < -0.3 is 0 Å². The van der Waals surface area contributed by atoms with E-state index in [1.165, 1.54) is 0 Å². The van der Waals surface area contributed by atoms with Crippen molar-refractivity contribution in [3.8, 4) is 0 Å². The zero-order valence-corrected chi connectivity index (χ0v) is 5.90. The van der Waals surface area contributed by atoms with E-state index in [4.69, 9.17) is 0 Å². The fraction of sp³-hybridized carbons (Fsp3) is 0. The minimum atomic E-state index is -2.16. The number of rotatable bonds is 0. The summed E-state index contributed by atoms with van der Waals surface area (Å²) in [6.07, 6.45) is 0. The van der Waals surface area contributed by atoms with Crippen LogP contribution in [-0.2, 0) is 0 Å². The van der Waals surface area contributed by atoms with Gasteiger partial charge in [0.2, 0.25) is 8.17 Å². The molecule has 7 heavy (non-hydrogen) atoms. The normalized spacial score (nSPS) is 31.9. The molecule has 0 fully saturated rings. The lowest BCUT2D eigenvalue weighted by atomic mass is 13.8. The number of hydrogen-bond donors (Lipinski definition) is 0. The molecule has 1 aliphatic heterocycles. The maximum Gasteiger partial charge on any atom is 0.242 e. The summed E-state index contributed by atoms with van der Waals surface area (Å²) in [5, 5.41) is 0.